The maximum atomic E-state index is 12.9. The van der Waals surface area contributed by atoms with Crippen LogP contribution in [0.2, 0.25) is 5.02 Å². The monoisotopic (exact) mass is 336 g/mol. The number of amides is 2. The third-order valence-electron chi connectivity index (χ3n) is 3.48. The molecule has 4 nitrogen and oxygen atoms in total. The molecule has 2 atom stereocenters. The van der Waals surface area contributed by atoms with E-state index in [2.05, 4.69) is 10.6 Å². The largest absolute Gasteiger partial charge is 0.386 e. The highest BCUT2D eigenvalue weighted by Crippen LogP contribution is 2.20. The van der Waals surface area contributed by atoms with E-state index in [1.807, 2.05) is 6.92 Å². The van der Waals surface area contributed by atoms with E-state index in [1.54, 1.807) is 25.1 Å². The second-order valence-electron chi connectivity index (χ2n) is 5.34. The summed E-state index contributed by atoms with van der Waals surface area (Å²) < 4.78 is 12.9. The molecule has 2 aromatic rings. The topological polar surface area (TPSA) is 61.4 Å². The second kappa shape index (κ2) is 7.44. The third kappa shape index (κ3) is 4.68. The Morgan fingerprint density at radius 2 is 1.87 bits per heavy atom. The molecular weight excluding hydrogens is 319 g/mol. The zero-order valence-electron chi connectivity index (χ0n) is 12.8. The Balaban J connectivity index is 1.97. The van der Waals surface area contributed by atoms with E-state index in [1.165, 1.54) is 24.3 Å². The normalized spacial score (nSPS) is 13.3. The van der Waals surface area contributed by atoms with E-state index >= 15 is 0 Å². The Labute approximate surface area is 139 Å². The molecule has 2 rings (SSSR count). The average Bonchev–Trinajstić information content (AvgIpc) is 2.50. The van der Waals surface area contributed by atoms with Crippen LogP contribution in [0, 0.1) is 12.7 Å². The lowest BCUT2D eigenvalue weighted by Gasteiger charge is -2.21. The Hall–Kier alpha value is -2.11. The van der Waals surface area contributed by atoms with Gasteiger partial charge in [0.1, 0.15) is 5.82 Å². The van der Waals surface area contributed by atoms with Crippen molar-refractivity contribution >= 4 is 23.3 Å². The van der Waals surface area contributed by atoms with E-state index in [-0.39, 0.29) is 5.82 Å². The lowest BCUT2D eigenvalue weighted by Crippen LogP contribution is -2.39. The summed E-state index contributed by atoms with van der Waals surface area (Å²) in [6.45, 7) is 3.50. The van der Waals surface area contributed by atoms with Crippen LogP contribution < -0.4 is 10.6 Å². The third-order valence-corrected chi connectivity index (χ3v) is 3.72. The molecule has 0 saturated carbocycles. The van der Waals surface area contributed by atoms with Crippen LogP contribution in [0.3, 0.4) is 0 Å². The number of hydrogen-bond donors (Lipinski definition) is 3. The van der Waals surface area contributed by atoms with Gasteiger partial charge in [-0.2, -0.15) is 0 Å². The van der Waals surface area contributed by atoms with E-state index in [0.29, 0.717) is 16.3 Å². The SMILES string of the molecule is Cc1cc(Cl)ccc1NC(=O)NC(C)C(O)c1ccc(F)cc1. The second-order valence-corrected chi connectivity index (χ2v) is 5.78. The average molecular weight is 337 g/mol. The number of carbonyl (C=O) groups excluding carboxylic acids is 1. The minimum atomic E-state index is -0.937. The maximum absolute atomic E-state index is 12.9. The van der Waals surface area contributed by atoms with Crippen LogP contribution in [-0.2, 0) is 0 Å². The van der Waals surface area contributed by atoms with Gasteiger partial charge >= 0.3 is 6.03 Å². The molecule has 0 aromatic heterocycles. The summed E-state index contributed by atoms with van der Waals surface area (Å²) in [6.07, 6.45) is -0.937. The molecule has 0 saturated heterocycles. The number of aliphatic hydroxyl groups is 1. The van der Waals surface area contributed by atoms with E-state index in [4.69, 9.17) is 11.6 Å². The number of carbonyl (C=O) groups is 1. The molecule has 2 aromatic carbocycles. The van der Waals surface area contributed by atoms with Crippen molar-refractivity contribution in [3.05, 3.63) is 64.4 Å². The molecule has 0 fully saturated rings. The highest BCUT2D eigenvalue weighted by Gasteiger charge is 2.18. The Bertz CT molecular complexity index is 691. The molecule has 0 heterocycles. The lowest BCUT2D eigenvalue weighted by atomic mass is 10.0. The number of rotatable bonds is 4. The molecule has 0 spiro atoms. The summed E-state index contributed by atoms with van der Waals surface area (Å²) in [4.78, 5) is 12.0. The molecule has 0 aliphatic carbocycles. The van der Waals surface area contributed by atoms with Gasteiger partial charge in [-0.3, -0.25) is 0 Å². The van der Waals surface area contributed by atoms with Gasteiger partial charge < -0.3 is 15.7 Å². The van der Waals surface area contributed by atoms with Crippen molar-refractivity contribution in [3.63, 3.8) is 0 Å². The van der Waals surface area contributed by atoms with Gasteiger partial charge in [-0.1, -0.05) is 23.7 Å². The fourth-order valence-electron chi connectivity index (χ4n) is 2.16. The van der Waals surface area contributed by atoms with E-state index in [9.17, 15) is 14.3 Å². The number of nitrogens with one attached hydrogen (secondary N) is 2. The summed E-state index contributed by atoms with van der Waals surface area (Å²) in [5.41, 5.74) is 2.00. The molecule has 0 radical (unpaired) electrons. The van der Waals surface area contributed by atoms with Crippen LogP contribution in [0.4, 0.5) is 14.9 Å². The van der Waals surface area contributed by atoms with Crippen LogP contribution in [0.5, 0.6) is 0 Å². The first-order valence-electron chi connectivity index (χ1n) is 7.14. The highest BCUT2D eigenvalue weighted by molar-refractivity contribution is 6.30. The lowest BCUT2D eigenvalue weighted by molar-refractivity contribution is 0.139. The van der Waals surface area contributed by atoms with Crippen molar-refractivity contribution in [2.75, 3.05) is 5.32 Å². The molecule has 122 valence electrons. The van der Waals surface area contributed by atoms with Crippen molar-refractivity contribution in [3.8, 4) is 0 Å². The quantitative estimate of drug-likeness (QED) is 0.789. The maximum Gasteiger partial charge on any atom is 0.319 e. The van der Waals surface area contributed by atoms with Gasteiger partial charge in [-0.05, 0) is 55.3 Å². The molecular formula is C17H18ClFN2O2. The van der Waals surface area contributed by atoms with Crippen LogP contribution in [0.15, 0.2) is 42.5 Å². The van der Waals surface area contributed by atoms with Crippen LogP contribution in [0.25, 0.3) is 0 Å². The Kier molecular flexibility index (Phi) is 5.58. The van der Waals surface area contributed by atoms with Gasteiger partial charge in [0.15, 0.2) is 0 Å². The van der Waals surface area contributed by atoms with Gasteiger partial charge in [0.05, 0.1) is 12.1 Å². The molecule has 0 bridgehead atoms. The first-order chi connectivity index (χ1) is 10.9. The van der Waals surface area contributed by atoms with Gasteiger partial charge in [-0.25, -0.2) is 9.18 Å². The summed E-state index contributed by atoms with van der Waals surface area (Å²) in [5, 5.41) is 16.2. The Morgan fingerprint density at radius 3 is 2.48 bits per heavy atom. The van der Waals surface area contributed by atoms with Crippen molar-refractivity contribution in [1.29, 1.82) is 0 Å². The molecule has 3 N–H and O–H groups in total. The summed E-state index contributed by atoms with van der Waals surface area (Å²) in [5.74, 6) is -0.377. The zero-order valence-corrected chi connectivity index (χ0v) is 13.6. The summed E-state index contributed by atoms with van der Waals surface area (Å²) in [6, 6.07) is 9.65. The van der Waals surface area contributed by atoms with Crippen LogP contribution in [-0.4, -0.2) is 17.2 Å². The van der Waals surface area contributed by atoms with E-state index in [0.717, 1.165) is 5.56 Å². The molecule has 0 aliphatic rings. The van der Waals surface area contributed by atoms with E-state index < -0.39 is 18.2 Å². The first kappa shape index (κ1) is 17.2. The number of halogens is 2. The zero-order chi connectivity index (χ0) is 17.0. The summed E-state index contributed by atoms with van der Waals surface area (Å²) >= 11 is 5.87. The minimum absolute atomic E-state index is 0.377. The fourth-order valence-corrected chi connectivity index (χ4v) is 2.39. The first-order valence-corrected chi connectivity index (χ1v) is 7.52. The molecule has 23 heavy (non-hydrogen) atoms. The number of anilines is 1. The number of aliphatic hydroxyl groups excluding tert-OH is 1. The molecule has 0 aliphatic heterocycles. The van der Waals surface area contributed by atoms with Crippen molar-refractivity contribution in [1.82, 2.24) is 5.32 Å². The molecule has 2 amide bonds. The van der Waals surface area contributed by atoms with Gasteiger partial charge in [0.2, 0.25) is 0 Å². The highest BCUT2D eigenvalue weighted by atomic mass is 35.5. The van der Waals surface area contributed by atoms with Crippen LogP contribution >= 0.6 is 11.6 Å². The molecule has 6 heteroatoms. The fraction of sp³-hybridized carbons (Fsp3) is 0.235. The number of hydrogen-bond acceptors (Lipinski definition) is 2. The number of benzene rings is 2. The Morgan fingerprint density at radius 1 is 1.22 bits per heavy atom. The van der Waals surface area contributed by atoms with Gasteiger partial charge in [0.25, 0.3) is 0 Å². The molecule has 2 unspecified atom stereocenters. The van der Waals surface area contributed by atoms with Gasteiger partial charge in [-0.15, -0.1) is 0 Å². The van der Waals surface area contributed by atoms with Crippen molar-refractivity contribution < 1.29 is 14.3 Å². The smallest absolute Gasteiger partial charge is 0.319 e. The number of urea groups is 1. The predicted molar refractivity (Wildman–Crippen MR) is 89.2 cm³/mol. The summed E-state index contributed by atoms with van der Waals surface area (Å²) in [7, 11) is 0. The minimum Gasteiger partial charge on any atom is -0.386 e. The predicted octanol–water partition coefficient (Wildman–Crippen LogP) is 4.03. The van der Waals surface area contributed by atoms with Crippen LogP contribution in [0.1, 0.15) is 24.2 Å². The van der Waals surface area contributed by atoms with Crippen molar-refractivity contribution in [2.24, 2.45) is 0 Å². The number of aryl methyl sites for hydroxylation is 1. The van der Waals surface area contributed by atoms with Crippen molar-refractivity contribution in [2.45, 2.75) is 26.0 Å². The standard InChI is InChI=1S/C17H18ClFN2O2/c1-10-9-13(18)5-8-15(10)21-17(23)20-11(2)16(22)12-3-6-14(19)7-4-12/h3-9,11,16,22H,1-2H3,(H2,20,21,23). The van der Waals surface area contributed by atoms with Gasteiger partial charge in [0, 0.05) is 10.7 Å².